The van der Waals surface area contributed by atoms with Gasteiger partial charge in [0, 0.05) is 11.6 Å². The first kappa shape index (κ1) is 14.6. The van der Waals surface area contributed by atoms with Gasteiger partial charge in [0.1, 0.15) is 5.75 Å². The molecule has 2 unspecified atom stereocenters. The van der Waals surface area contributed by atoms with E-state index in [-0.39, 0.29) is 22.9 Å². The molecule has 1 aliphatic heterocycles. The second-order valence-electron chi connectivity index (χ2n) is 4.94. The summed E-state index contributed by atoms with van der Waals surface area (Å²) in [5.74, 6) is -0.588. The maximum Gasteiger partial charge on any atom is 0.188 e. The minimum Gasteiger partial charge on any atom is -0.508 e. The van der Waals surface area contributed by atoms with E-state index >= 15 is 0 Å². The fourth-order valence-electron chi connectivity index (χ4n) is 2.61. The van der Waals surface area contributed by atoms with Crippen molar-refractivity contribution in [3.8, 4) is 5.75 Å². The molecule has 0 spiro atoms. The molecule has 1 aromatic heterocycles. The number of phenolic OH excluding ortho intramolecular Hbond substituents is 1. The number of aromatic hydroxyl groups is 1. The molecule has 3 N–H and O–H groups in total. The van der Waals surface area contributed by atoms with Gasteiger partial charge in [0.2, 0.25) is 0 Å². The quantitative estimate of drug-likeness (QED) is 0.802. The lowest BCUT2D eigenvalue weighted by atomic mass is 9.97. The van der Waals surface area contributed by atoms with Gasteiger partial charge in [0.05, 0.1) is 11.6 Å². The first-order chi connectivity index (χ1) is 10.5. The number of hydrogen-bond acceptors (Lipinski definition) is 7. The summed E-state index contributed by atoms with van der Waals surface area (Å²) >= 11 is 1.30. The molecule has 1 aliphatic rings. The van der Waals surface area contributed by atoms with Gasteiger partial charge in [-0.15, -0.1) is 11.3 Å². The topological polar surface area (TPSA) is 93.9 Å². The van der Waals surface area contributed by atoms with Crippen molar-refractivity contribution < 1.29 is 20.1 Å². The van der Waals surface area contributed by atoms with Crippen molar-refractivity contribution in [1.29, 1.82) is 0 Å². The van der Waals surface area contributed by atoms with Gasteiger partial charge in [-0.1, -0.05) is 12.1 Å². The number of ketones is 1. The number of carbonyl (C=O) groups is 1. The lowest BCUT2D eigenvalue weighted by molar-refractivity contribution is -0.114. The fourth-order valence-corrected chi connectivity index (χ4v) is 3.30. The lowest BCUT2D eigenvalue weighted by Gasteiger charge is -2.28. The number of anilines is 1. The second-order valence-corrected chi connectivity index (χ2v) is 5.82. The van der Waals surface area contributed by atoms with E-state index in [2.05, 4.69) is 4.98 Å². The fraction of sp³-hybridized carbons (Fsp3) is 0.200. The van der Waals surface area contributed by atoms with Crippen LogP contribution in [0.2, 0.25) is 0 Å². The maximum absolute atomic E-state index is 11.9. The highest BCUT2D eigenvalue weighted by Gasteiger charge is 2.43. The number of Topliss-reactive ketones (excluding diaryl/α,β-unsaturated/α-hetero) is 1. The lowest BCUT2D eigenvalue weighted by Crippen LogP contribution is -2.34. The summed E-state index contributed by atoms with van der Waals surface area (Å²) in [6.45, 7) is 1.34. The molecule has 0 radical (unpaired) electrons. The molecule has 0 amide bonds. The van der Waals surface area contributed by atoms with E-state index in [4.69, 9.17) is 0 Å². The first-order valence-corrected chi connectivity index (χ1v) is 7.47. The summed E-state index contributed by atoms with van der Waals surface area (Å²) in [5.41, 5.74) is 0.801. The Morgan fingerprint density at radius 1 is 1.27 bits per heavy atom. The van der Waals surface area contributed by atoms with Gasteiger partial charge in [0.15, 0.2) is 22.9 Å². The van der Waals surface area contributed by atoms with E-state index in [1.165, 1.54) is 35.3 Å². The predicted molar refractivity (Wildman–Crippen MR) is 81.8 cm³/mol. The normalized spacial score (nSPS) is 21.5. The molecule has 0 aliphatic carbocycles. The molecule has 3 rings (SSSR count). The molecule has 114 valence electrons. The Bertz CT molecular complexity index is 725. The van der Waals surface area contributed by atoms with E-state index < -0.39 is 12.3 Å². The number of rotatable bonds is 3. The number of thiazole rings is 1. The van der Waals surface area contributed by atoms with E-state index in [1.54, 1.807) is 23.7 Å². The van der Waals surface area contributed by atoms with Gasteiger partial charge >= 0.3 is 0 Å². The van der Waals surface area contributed by atoms with Crippen LogP contribution in [0.15, 0.2) is 47.2 Å². The molecule has 7 heteroatoms. The summed E-state index contributed by atoms with van der Waals surface area (Å²) in [6.07, 6.45) is 0.257. The van der Waals surface area contributed by atoms with Gasteiger partial charge in [-0.25, -0.2) is 4.98 Å². The van der Waals surface area contributed by atoms with Crippen LogP contribution in [0.25, 0.3) is 0 Å². The summed E-state index contributed by atoms with van der Waals surface area (Å²) < 4.78 is 0. The van der Waals surface area contributed by atoms with E-state index in [1.807, 2.05) is 0 Å². The Morgan fingerprint density at radius 3 is 2.50 bits per heavy atom. The summed E-state index contributed by atoms with van der Waals surface area (Å²) in [6, 6.07) is 5.63. The molecule has 0 saturated carbocycles. The van der Waals surface area contributed by atoms with Crippen molar-refractivity contribution in [1.82, 2.24) is 4.98 Å². The zero-order chi connectivity index (χ0) is 15.9. The number of aromatic nitrogens is 1. The molecule has 1 aromatic carbocycles. The Labute approximate surface area is 130 Å². The average Bonchev–Trinajstić information content (AvgIpc) is 3.08. The van der Waals surface area contributed by atoms with Crippen LogP contribution in [-0.4, -0.2) is 32.3 Å². The van der Waals surface area contributed by atoms with Gasteiger partial charge in [-0.2, -0.15) is 0 Å². The SMILES string of the molecule is CC(=O)C1=C(O)C(O)N(c2nccs2)C1c1ccc(O)cc1. The number of aliphatic hydroxyl groups excluding tert-OH is 2. The molecule has 6 nitrogen and oxygen atoms in total. The third kappa shape index (κ3) is 2.24. The highest BCUT2D eigenvalue weighted by molar-refractivity contribution is 7.13. The molecule has 2 heterocycles. The van der Waals surface area contributed by atoms with Crippen molar-refractivity contribution >= 4 is 22.3 Å². The van der Waals surface area contributed by atoms with Crippen LogP contribution in [0.4, 0.5) is 5.13 Å². The summed E-state index contributed by atoms with van der Waals surface area (Å²) in [7, 11) is 0. The zero-order valence-electron chi connectivity index (χ0n) is 11.7. The van der Waals surface area contributed by atoms with E-state index in [0.717, 1.165) is 0 Å². The number of carbonyl (C=O) groups excluding carboxylic acids is 1. The van der Waals surface area contributed by atoms with Crippen molar-refractivity contribution in [2.45, 2.75) is 19.2 Å². The summed E-state index contributed by atoms with van der Waals surface area (Å²) in [5, 5.41) is 32.2. The third-order valence-corrected chi connectivity index (χ3v) is 4.35. The van der Waals surface area contributed by atoms with Gasteiger partial charge < -0.3 is 20.2 Å². The molecule has 0 fully saturated rings. The minimum atomic E-state index is -1.33. The van der Waals surface area contributed by atoms with Crippen LogP contribution in [0.5, 0.6) is 5.75 Å². The molecular formula is C15H14N2O4S. The Balaban J connectivity index is 2.14. The maximum atomic E-state index is 11.9. The number of nitrogens with zero attached hydrogens (tertiary/aromatic N) is 2. The molecule has 0 saturated heterocycles. The first-order valence-electron chi connectivity index (χ1n) is 6.59. The van der Waals surface area contributed by atoms with E-state index in [0.29, 0.717) is 10.7 Å². The second kappa shape index (κ2) is 5.43. The monoisotopic (exact) mass is 318 g/mol. The number of hydrogen-bond donors (Lipinski definition) is 3. The van der Waals surface area contributed by atoms with E-state index in [9.17, 15) is 20.1 Å². The van der Waals surface area contributed by atoms with Gasteiger partial charge in [0.25, 0.3) is 0 Å². The number of benzene rings is 1. The highest BCUT2D eigenvalue weighted by Crippen LogP contribution is 2.43. The molecule has 0 bridgehead atoms. The highest BCUT2D eigenvalue weighted by atomic mass is 32.1. The predicted octanol–water partition coefficient (Wildman–Crippen LogP) is 2.13. The Hall–Kier alpha value is -2.38. The van der Waals surface area contributed by atoms with Crippen LogP contribution < -0.4 is 4.90 Å². The molecule has 2 atom stereocenters. The van der Waals surface area contributed by atoms with Crippen LogP contribution in [0, 0.1) is 0 Å². The number of phenols is 1. The standard InChI is InChI=1S/C15H14N2O4S/c1-8(18)11-12(9-2-4-10(19)5-3-9)17(14(21)13(11)20)15-16-6-7-22-15/h2-7,12,14,19-21H,1H3. The van der Waals surface area contributed by atoms with Crippen LogP contribution >= 0.6 is 11.3 Å². The average molecular weight is 318 g/mol. The van der Waals surface area contributed by atoms with Crippen molar-refractivity contribution in [3.63, 3.8) is 0 Å². The van der Waals surface area contributed by atoms with Crippen molar-refractivity contribution in [2.75, 3.05) is 4.90 Å². The third-order valence-electron chi connectivity index (χ3n) is 3.56. The molecule has 2 aromatic rings. The van der Waals surface area contributed by atoms with Crippen LogP contribution in [-0.2, 0) is 4.79 Å². The van der Waals surface area contributed by atoms with Gasteiger partial charge in [-0.05, 0) is 24.6 Å². The molecular weight excluding hydrogens is 304 g/mol. The largest absolute Gasteiger partial charge is 0.508 e. The van der Waals surface area contributed by atoms with Crippen LogP contribution in [0.3, 0.4) is 0 Å². The Morgan fingerprint density at radius 2 is 1.95 bits per heavy atom. The summed E-state index contributed by atoms with van der Waals surface area (Å²) in [4.78, 5) is 17.6. The van der Waals surface area contributed by atoms with Crippen molar-refractivity contribution in [3.05, 3.63) is 52.7 Å². The minimum absolute atomic E-state index is 0.0978. The van der Waals surface area contributed by atoms with Crippen LogP contribution in [0.1, 0.15) is 18.5 Å². The van der Waals surface area contributed by atoms with Crippen molar-refractivity contribution in [2.24, 2.45) is 0 Å². The molecule has 22 heavy (non-hydrogen) atoms. The van der Waals surface area contributed by atoms with Gasteiger partial charge in [-0.3, -0.25) is 4.79 Å². The number of aliphatic hydroxyl groups is 2. The Kier molecular flexibility index (Phi) is 3.59. The smallest absolute Gasteiger partial charge is 0.188 e. The zero-order valence-corrected chi connectivity index (χ0v) is 12.5.